The van der Waals surface area contributed by atoms with Gasteiger partial charge in [-0.3, -0.25) is 19.2 Å². The number of ether oxygens (including phenoxy) is 2. The molecule has 0 spiro atoms. The van der Waals surface area contributed by atoms with Crippen molar-refractivity contribution in [3.8, 4) is 0 Å². The van der Waals surface area contributed by atoms with E-state index in [1.165, 1.54) is 39.0 Å². The van der Waals surface area contributed by atoms with Gasteiger partial charge in [0, 0.05) is 19.9 Å². The van der Waals surface area contributed by atoms with E-state index in [0.29, 0.717) is 12.8 Å². The van der Waals surface area contributed by atoms with Crippen molar-refractivity contribution < 1.29 is 28.7 Å². The van der Waals surface area contributed by atoms with Crippen molar-refractivity contribution in [2.75, 3.05) is 0 Å². The summed E-state index contributed by atoms with van der Waals surface area (Å²) in [5.41, 5.74) is 0.108. The molecule has 0 bridgehead atoms. The van der Waals surface area contributed by atoms with Crippen LogP contribution in [0.4, 0.5) is 0 Å². The first kappa shape index (κ1) is 22.8. The standard InChI is InChI=1S/C21H30O6/c1-4-5-6-7-8-9-10-11-12-13-17-20(25)19(26-15(2)22)14-18(24)21(17)27-16(3)23/h14H,4-13H2,1-3H3. The average molecular weight is 378 g/mol. The Bertz CT molecular complexity index is 627. The van der Waals surface area contributed by atoms with Gasteiger partial charge in [-0.15, -0.1) is 0 Å². The van der Waals surface area contributed by atoms with Gasteiger partial charge >= 0.3 is 11.9 Å². The van der Waals surface area contributed by atoms with Gasteiger partial charge < -0.3 is 9.47 Å². The minimum Gasteiger partial charge on any atom is -0.422 e. The van der Waals surface area contributed by atoms with Crippen molar-refractivity contribution in [2.24, 2.45) is 0 Å². The van der Waals surface area contributed by atoms with Crippen LogP contribution in [-0.2, 0) is 28.7 Å². The Kier molecular flexibility index (Phi) is 10.3. The molecule has 0 aromatic heterocycles. The highest BCUT2D eigenvalue weighted by Crippen LogP contribution is 2.26. The number of esters is 2. The molecule has 1 rings (SSSR count). The van der Waals surface area contributed by atoms with Gasteiger partial charge in [0.05, 0.1) is 5.57 Å². The molecule has 0 saturated heterocycles. The zero-order chi connectivity index (χ0) is 20.2. The first-order chi connectivity index (χ1) is 12.9. The van der Waals surface area contributed by atoms with E-state index in [2.05, 4.69) is 6.92 Å². The van der Waals surface area contributed by atoms with Crippen LogP contribution in [0.1, 0.15) is 85.0 Å². The third-order valence-electron chi connectivity index (χ3n) is 4.29. The van der Waals surface area contributed by atoms with E-state index in [4.69, 9.17) is 9.47 Å². The minimum atomic E-state index is -0.680. The summed E-state index contributed by atoms with van der Waals surface area (Å²) in [4.78, 5) is 47.1. The molecule has 0 fully saturated rings. The maximum Gasteiger partial charge on any atom is 0.308 e. The highest BCUT2D eigenvalue weighted by atomic mass is 16.5. The number of allylic oxidation sites excluding steroid dienone is 2. The third kappa shape index (κ3) is 8.33. The van der Waals surface area contributed by atoms with Gasteiger partial charge in [-0.1, -0.05) is 58.3 Å². The molecule has 0 saturated carbocycles. The van der Waals surface area contributed by atoms with Crippen LogP contribution in [0.25, 0.3) is 0 Å². The SMILES string of the molecule is CCCCCCCCCCCC1=C(OC(C)=O)C(=O)C=C(OC(C)=O)C1=O. The second-order valence-electron chi connectivity index (χ2n) is 6.78. The molecule has 27 heavy (non-hydrogen) atoms. The van der Waals surface area contributed by atoms with Crippen molar-refractivity contribution in [1.82, 2.24) is 0 Å². The number of ketones is 2. The van der Waals surface area contributed by atoms with Crippen molar-refractivity contribution in [2.45, 2.75) is 85.0 Å². The largest absolute Gasteiger partial charge is 0.422 e. The predicted octanol–water partition coefficient (Wildman–Crippen LogP) is 4.32. The fraction of sp³-hybridized carbons (Fsp3) is 0.619. The van der Waals surface area contributed by atoms with E-state index >= 15 is 0 Å². The second kappa shape index (κ2) is 12.2. The monoisotopic (exact) mass is 378 g/mol. The summed E-state index contributed by atoms with van der Waals surface area (Å²) in [5.74, 6) is -3.11. The molecule has 6 nitrogen and oxygen atoms in total. The Morgan fingerprint density at radius 2 is 1.33 bits per heavy atom. The zero-order valence-electron chi connectivity index (χ0n) is 16.6. The Hall–Kier alpha value is -2.24. The predicted molar refractivity (Wildman–Crippen MR) is 100 cm³/mol. The maximum absolute atomic E-state index is 12.5. The Morgan fingerprint density at radius 1 is 0.815 bits per heavy atom. The zero-order valence-corrected chi connectivity index (χ0v) is 16.6. The van der Waals surface area contributed by atoms with Crippen molar-refractivity contribution >= 4 is 23.5 Å². The lowest BCUT2D eigenvalue weighted by atomic mass is 9.94. The van der Waals surface area contributed by atoms with Crippen LogP contribution in [0.2, 0.25) is 0 Å². The molecule has 0 N–H and O–H groups in total. The summed E-state index contributed by atoms with van der Waals surface area (Å²) in [6.07, 6.45) is 11.3. The van der Waals surface area contributed by atoms with Gasteiger partial charge in [0.25, 0.3) is 0 Å². The second-order valence-corrected chi connectivity index (χ2v) is 6.78. The van der Waals surface area contributed by atoms with Gasteiger partial charge in [-0.05, 0) is 12.8 Å². The van der Waals surface area contributed by atoms with Crippen molar-refractivity contribution in [3.05, 3.63) is 23.2 Å². The summed E-state index contributed by atoms with van der Waals surface area (Å²) in [6.45, 7) is 4.52. The smallest absolute Gasteiger partial charge is 0.308 e. The number of Topliss-reactive ketones (excluding diaryl/α,β-unsaturated/α-hetero) is 1. The lowest BCUT2D eigenvalue weighted by Crippen LogP contribution is -2.24. The van der Waals surface area contributed by atoms with Gasteiger partial charge in [0.15, 0.2) is 11.5 Å². The van der Waals surface area contributed by atoms with Gasteiger partial charge in [0.1, 0.15) is 0 Å². The molecule has 150 valence electrons. The minimum absolute atomic E-state index is 0.108. The number of carbonyl (C=O) groups is 4. The first-order valence-electron chi connectivity index (χ1n) is 9.77. The molecule has 0 heterocycles. The molecule has 0 radical (unpaired) electrons. The Labute approximate surface area is 161 Å². The van der Waals surface area contributed by atoms with Crippen LogP contribution in [0.15, 0.2) is 23.2 Å². The number of rotatable bonds is 12. The van der Waals surface area contributed by atoms with E-state index in [-0.39, 0.29) is 17.1 Å². The Morgan fingerprint density at radius 3 is 1.85 bits per heavy atom. The topological polar surface area (TPSA) is 86.7 Å². The molecule has 0 unspecified atom stereocenters. The average Bonchev–Trinajstić information content (AvgIpc) is 2.59. The van der Waals surface area contributed by atoms with E-state index < -0.39 is 23.5 Å². The van der Waals surface area contributed by atoms with E-state index in [1.807, 2.05) is 0 Å². The molecule has 1 aliphatic rings. The fourth-order valence-electron chi connectivity index (χ4n) is 2.98. The molecular formula is C21H30O6. The molecule has 6 heteroatoms. The van der Waals surface area contributed by atoms with E-state index in [1.54, 1.807) is 0 Å². The highest BCUT2D eigenvalue weighted by molar-refractivity contribution is 6.22. The van der Waals surface area contributed by atoms with Crippen LogP contribution < -0.4 is 0 Å². The third-order valence-corrected chi connectivity index (χ3v) is 4.29. The van der Waals surface area contributed by atoms with Gasteiger partial charge in [0.2, 0.25) is 11.6 Å². The van der Waals surface area contributed by atoms with Crippen molar-refractivity contribution in [1.29, 1.82) is 0 Å². The fourth-order valence-corrected chi connectivity index (χ4v) is 2.98. The Balaban J connectivity index is 2.60. The summed E-state index contributed by atoms with van der Waals surface area (Å²) in [7, 11) is 0. The normalized spacial score (nSPS) is 14.3. The summed E-state index contributed by atoms with van der Waals surface area (Å²) in [6, 6.07) is 0. The lowest BCUT2D eigenvalue weighted by molar-refractivity contribution is -0.142. The van der Waals surface area contributed by atoms with E-state index in [9.17, 15) is 19.2 Å². The van der Waals surface area contributed by atoms with Crippen LogP contribution in [0.5, 0.6) is 0 Å². The molecule has 1 aliphatic carbocycles. The van der Waals surface area contributed by atoms with E-state index in [0.717, 1.165) is 32.3 Å². The van der Waals surface area contributed by atoms with Crippen LogP contribution in [0, 0.1) is 0 Å². The lowest BCUT2D eigenvalue weighted by Gasteiger charge is -2.17. The molecule has 0 amide bonds. The molecule has 0 aromatic rings. The number of hydrogen-bond acceptors (Lipinski definition) is 6. The molecule has 0 atom stereocenters. The highest BCUT2D eigenvalue weighted by Gasteiger charge is 2.32. The number of hydrogen-bond donors (Lipinski definition) is 0. The maximum atomic E-state index is 12.5. The summed E-state index contributed by atoms with van der Waals surface area (Å²) < 4.78 is 9.78. The number of carbonyl (C=O) groups excluding carboxylic acids is 4. The molecule has 0 aromatic carbocycles. The quantitative estimate of drug-likeness (QED) is 0.285. The number of unbranched alkanes of at least 4 members (excludes halogenated alkanes) is 8. The van der Waals surface area contributed by atoms with Crippen LogP contribution in [-0.4, -0.2) is 23.5 Å². The van der Waals surface area contributed by atoms with Crippen molar-refractivity contribution in [3.63, 3.8) is 0 Å². The summed E-state index contributed by atoms with van der Waals surface area (Å²) in [5, 5.41) is 0. The van der Waals surface area contributed by atoms with Crippen LogP contribution in [0.3, 0.4) is 0 Å². The molecule has 0 aliphatic heterocycles. The van der Waals surface area contributed by atoms with Gasteiger partial charge in [-0.2, -0.15) is 0 Å². The first-order valence-corrected chi connectivity index (χ1v) is 9.77. The summed E-state index contributed by atoms with van der Waals surface area (Å²) >= 11 is 0. The molecular weight excluding hydrogens is 348 g/mol. The van der Waals surface area contributed by atoms with Gasteiger partial charge in [-0.25, -0.2) is 0 Å². The van der Waals surface area contributed by atoms with Crippen LogP contribution >= 0.6 is 0 Å².